The summed E-state index contributed by atoms with van der Waals surface area (Å²) in [6.07, 6.45) is 7.06. The number of piperidine rings is 1. The van der Waals surface area contributed by atoms with Crippen molar-refractivity contribution >= 4 is 22.6 Å². The lowest BCUT2D eigenvalue weighted by Crippen LogP contribution is -2.51. The fraction of sp³-hybridized carbons (Fsp3) is 0.481. The number of benzene rings is 1. The molecular formula is C27H35N5O. The van der Waals surface area contributed by atoms with E-state index in [0.29, 0.717) is 5.91 Å². The second-order valence-electron chi connectivity index (χ2n) is 9.66. The van der Waals surface area contributed by atoms with Gasteiger partial charge in [-0.1, -0.05) is 12.1 Å². The van der Waals surface area contributed by atoms with Crippen molar-refractivity contribution in [3.63, 3.8) is 0 Å². The summed E-state index contributed by atoms with van der Waals surface area (Å²) in [6, 6.07) is 12.9. The topological polar surface area (TPSA) is 44.6 Å². The molecule has 2 aliphatic heterocycles. The van der Waals surface area contributed by atoms with Crippen molar-refractivity contribution in [1.82, 2.24) is 19.4 Å². The molecule has 0 spiro atoms. The molecule has 0 radical (unpaired) electrons. The molecule has 1 amide bonds. The number of likely N-dealkylation sites (tertiary alicyclic amines) is 1. The molecule has 0 saturated carbocycles. The molecule has 4 heterocycles. The molecule has 2 saturated heterocycles. The van der Waals surface area contributed by atoms with Crippen LogP contribution in [0.5, 0.6) is 0 Å². The zero-order valence-electron chi connectivity index (χ0n) is 19.9. The molecule has 2 aliphatic rings. The summed E-state index contributed by atoms with van der Waals surface area (Å²) in [6.45, 7) is 8.73. The number of fused-ring (bicyclic) bond motifs is 1. The van der Waals surface area contributed by atoms with Crippen LogP contribution in [0.15, 0.2) is 48.8 Å². The predicted molar refractivity (Wildman–Crippen MR) is 134 cm³/mol. The lowest BCUT2D eigenvalue weighted by molar-refractivity contribution is -0.137. The maximum Gasteiger partial charge on any atom is 0.225 e. The number of nitrogens with zero attached hydrogens (tertiary/aromatic N) is 5. The first kappa shape index (κ1) is 22.0. The summed E-state index contributed by atoms with van der Waals surface area (Å²) >= 11 is 0. The number of anilines is 1. The highest BCUT2D eigenvalue weighted by Crippen LogP contribution is 2.24. The molecular weight excluding hydrogens is 410 g/mol. The van der Waals surface area contributed by atoms with Gasteiger partial charge in [-0.2, -0.15) is 0 Å². The standard InChI is InChI=1S/C27H35N5O/c1-21-5-3-6-24(19-21)31-15-17-32(18-16-31)27(33)22-8-12-30(13-9-22)14-10-23-20-29(2)26-25(23)7-4-11-28-26/h3-7,11,19-20,22H,8-10,12-18H2,1-2H3. The van der Waals surface area contributed by atoms with Crippen molar-refractivity contribution in [2.45, 2.75) is 26.2 Å². The van der Waals surface area contributed by atoms with Gasteiger partial charge >= 0.3 is 0 Å². The number of aromatic nitrogens is 2. The average molecular weight is 446 g/mol. The van der Waals surface area contributed by atoms with E-state index in [9.17, 15) is 4.79 Å². The first-order valence-corrected chi connectivity index (χ1v) is 12.3. The van der Waals surface area contributed by atoms with Crippen molar-refractivity contribution in [2.24, 2.45) is 13.0 Å². The van der Waals surface area contributed by atoms with Crippen molar-refractivity contribution in [3.8, 4) is 0 Å². The van der Waals surface area contributed by atoms with Crippen molar-refractivity contribution in [2.75, 3.05) is 50.7 Å². The van der Waals surface area contributed by atoms with Crippen LogP contribution in [0.4, 0.5) is 5.69 Å². The second kappa shape index (κ2) is 9.56. The number of pyridine rings is 1. The van der Waals surface area contributed by atoms with Gasteiger partial charge < -0.3 is 19.3 Å². The Morgan fingerprint density at radius 1 is 1.03 bits per heavy atom. The molecule has 6 nitrogen and oxygen atoms in total. The maximum absolute atomic E-state index is 13.2. The number of hydrogen-bond acceptors (Lipinski definition) is 4. The van der Waals surface area contributed by atoms with Crippen molar-refractivity contribution < 1.29 is 4.79 Å². The molecule has 2 fully saturated rings. The molecule has 0 N–H and O–H groups in total. The first-order valence-electron chi connectivity index (χ1n) is 12.3. The fourth-order valence-corrected chi connectivity index (χ4v) is 5.44. The Hall–Kier alpha value is -2.86. The van der Waals surface area contributed by atoms with Gasteiger partial charge in [-0.25, -0.2) is 4.98 Å². The minimum absolute atomic E-state index is 0.188. The van der Waals surface area contributed by atoms with Gasteiger partial charge in [0, 0.05) is 69.2 Å². The van der Waals surface area contributed by atoms with Gasteiger partial charge in [0.1, 0.15) is 5.65 Å². The second-order valence-corrected chi connectivity index (χ2v) is 9.66. The molecule has 0 unspecified atom stereocenters. The fourth-order valence-electron chi connectivity index (χ4n) is 5.44. The molecule has 174 valence electrons. The highest BCUT2D eigenvalue weighted by Gasteiger charge is 2.30. The monoisotopic (exact) mass is 445 g/mol. The van der Waals surface area contributed by atoms with E-state index in [0.717, 1.165) is 70.7 Å². The number of carbonyl (C=O) groups is 1. The molecule has 33 heavy (non-hydrogen) atoms. The Labute approximate surface area is 196 Å². The first-order chi connectivity index (χ1) is 16.1. The third-order valence-electron chi connectivity index (χ3n) is 7.41. The number of rotatable bonds is 5. The zero-order valence-corrected chi connectivity index (χ0v) is 19.9. The van der Waals surface area contributed by atoms with Crippen LogP contribution in [0.2, 0.25) is 0 Å². The minimum Gasteiger partial charge on any atom is -0.368 e. The van der Waals surface area contributed by atoms with Crippen LogP contribution in [-0.4, -0.2) is 71.1 Å². The van der Waals surface area contributed by atoms with Crippen LogP contribution >= 0.6 is 0 Å². The Balaban J connectivity index is 1.09. The van der Waals surface area contributed by atoms with E-state index < -0.39 is 0 Å². The summed E-state index contributed by atoms with van der Waals surface area (Å²) in [5.41, 5.74) is 4.98. The lowest BCUT2D eigenvalue weighted by atomic mass is 9.94. The Morgan fingerprint density at radius 2 is 1.82 bits per heavy atom. The molecule has 3 aromatic rings. The highest BCUT2D eigenvalue weighted by atomic mass is 16.2. The van der Waals surface area contributed by atoms with Gasteiger partial charge in [0.05, 0.1) is 0 Å². The van der Waals surface area contributed by atoms with Crippen molar-refractivity contribution in [1.29, 1.82) is 0 Å². The molecule has 1 aromatic carbocycles. The van der Waals surface area contributed by atoms with E-state index in [1.807, 2.05) is 12.3 Å². The molecule has 0 bridgehead atoms. The van der Waals surface area contributed by atoms with Crippen LogP contribution in [0.1, 0.15) is 24.0 Å². The molecule has 0 atom stereocenters. The number of carbonyl (C=O) groups excluding carboxylic acids is 1. The predicted octanol–water partition coefficient (Wildman–Crippen LogP) is 3.49. The van der Waals surface area contributed by atoms with E-state index >= 15 is 0 Å². The van der Waals surface area contributed by atoms with Gasteiger partial charge in [-0.15, -0.1) is 0 Å². The molecule has 5 rings (SSSR count). The molecule has 0 aliphatic carbocycles. The van der Waals surface area contributed by atoms with E-state index in [4.69, 9.17) is 0 Å². The highest BCUT2D eigenvalue weighted by molar-refractivity contribution is 5.80. The number of piperazine rings is 1. The summed E-state index contributed by atoms with van der Waals surface area (Å²) in [5.74, 6) is 0.562. The van der Waals surface area contributed by atoms with Gasteiger partial charge in [0.15, 0.2) is 0 Å². The van der Waals surface area contributed by atoms with E-state index in [1.54, 1.807) is 0 Å². The quantitative estimate of drug-likeness (QED) is 0.603. The van der Waals surface area contributed by atoms with Gasteiger partial charge in [-0.05, 0) is 74.7 Å². The third kappa shape index (κ3) is 4.76. The van der Waals surface area contributed by atoms with Crippen LogP contribution < -0.4 is 4.90 Å². The smallest absolute Gasteiger partial charge is 0.225 e. The summed E-state index contributed by atoms with van der Waals surface area (Å²) in [7, 11) is 2.07. The third-order valence-corrected chi connectivity index (χ3v) is 7.41. The molecule has 6 heteroatoms. The van der Waals surface area contributed by atoms with Crippen LogP contribution in [-0.2, 0) is 18.3 Å². The minimum atomic E-state index is 0.188. The van der Waals surface area contributed by atoms with Gasteiger partial charge in [-0.3, -0.25) is 4.79 Å². The lowest BCUT2D eigenvalue weighted by Gasteiger charge is -2.39. The molecule has 2 aromatic heterocycles. The van der Waals surface area contributed by atoms with Gasteiger partial charge in [0.2, 0.25) is 5.91 Å². The van der Waals surface area contributed by atoms with Crippen LogP contribution in [0.3, 0.4) is 0 Å². The zero-order chi connectivity index (χ0) is 22.8. The van der Waals surface area contributed by atoms with Crippen LogP contribution in [0, 0.1) is 12.8 Å². The Bertz CT molecular complexity index is 1110. The largest absolute Gasteiger partial charge is 0.368 e. The summed E-state index contributed by atoms with van der Waals surface area (Å²) in [5, 5.41) is 1.26. The number of aryl methyl sites for hydroxylation is 2. The van der Waals surface area contributed by atoms with E-state index in [1.165, 1.54) is 22.2 Å². The Morgan fingerprint density at radius 3 is 2.58 bits per heavy atom. The Kier molecular flexibility index (Phi) is 6.36. The average Bonchev–Trinajstić information content (AvgIpc) is 3.18. The summed E-state index contributed by atoms with van der Waals surface area (Å²) in [4.78, 5) is 24.7. The van der Waals surface area contributed by atoms with E-state index in [2.05, 4.69) is 74.8 Å². The SMILES string of the molecule is Cc1cccc(N2CCN(C(=O)C3CCN(CCc4cn(C)c5ncccc45)CC3)CC2)c1. The van der Waals surface area contributed by atoms with E-state index in [-0.39, 0.29) is 5.92 Å². The number of hydrogen-bond donors (Lipinski definition) is 0. The normalized spacial score (nSPS) is 18.2. The van der Waals surface area contributed by atoms with Crippen LogP contribution in [0.25, 0.3) is 11.0 Å². The maximum atomic E-state index is 13.2. The number of amides is 1. The van der Waals surface area contributed by atoms with Crippen molar-refractivity contribution in [3.05, 3.63) is 59.9 Å². The summed E-state index contributed by atoms with van der Waals surface area (Å²) < 4.78 is 2.12. The van der Waals surface area contributed by atoms with Gasteiger partial charge in [0.25, 0.3) is 0 Å².